The summed E-state index contributed by atoms with van der Waals surface area (Å²) in [6, 6.07) is 18.1. The molecule has 4 nitrogen and oxygen atoms in total. The first-order valence-corrected chi connectivity index (χ1v) is 8.00. The van der Waals surface area contributed by atoms with Gasteiger partial charge in [0.2, 0.25) is 5.91 Å². The number of hydrogen-bond donors (Lipinski definition) is 2. The van der Waals surface area contributed by atoms with E-state index in [2.05, 4.69) is 22.3 Å². The summed E-state index contributed by atoms with van der Waals surface area (Å²) in [4.78, 5) is 14.3. The molecule has 0 aliphatic heterocycles. The summed E-state index contributed by atoms with van der Waals surface area (Å²) < 4.78 is 0. The van der Waals surface area contributed by atoms with E-state index in [1.54, 1.807) is 0 Å². The summed E-state index contributed by atoms with van der Waals surface area (Å²) >= 11 is 0. The van der Waals surface area contributed by atoms with Crippen molar-refractivity contribution < 1.29 is 4.79 Å². The van der Waals surface area contributed by atoms with E-state index in [0.717, 1.165) is 24.2 Å². The van der Waals surface area contributed by atoms with Crippen LogP contribution in [0.15, 0.2) is 54.6 Å². The molecule has 0 bridgehead atoms. The Morgan fingerprint density at radius 3 is 2.50 bits per heavy atom. The van der Waals surface area contributed by atoms with Gasteiger partial charge in [-0.05, 0) is 36.6 Å². The van der Waals surface area contributed by atoms with Gasteiger partial charge in [0.1, 0.15) is 0 Å². The van der Waals surface area contributed by atoms with E-state index < -0.39 is 0 Å². The van der Waals surface area contributed by atoms with E-state index in [1.165, 1.54) is 5.56 Å². The molecule has 1 amide bonds. The highest BCUT2D eigenvalue weighted by molar-refractivity contribution is 5.92. The van der Waals surface area contributed by atoms with Crippen LogP contribution < -0.4 is 11.1 Å². The van der Waals surface area contributed by atoms with Crippen LogP contribution in [-0.2, 0) is 11.2 Å². The second-order valence-electron chi connectivity index (χ2n) is 5.72. The maximum Gasteiger partial charge on any atom is 0.238 e. The van der Waals surface area contributed by atoms with Crippen LogP contribution in [0.1, 0.15) is 11.1 Å². The third-order valence-corrected chi connectivity index (χ3v) is 3.67. The first-order valence-electron chi connectivity index (χ1n) is 8.00. The van der Waals surface area contributed by atoms with Crippen LogP contribution in [0.4, 0.5) is 5.69 Å². The largest absolute Gasteiger partial charge is 0.329 e. The van der Waals surface area contributed by atoms with Gasteiger partial charge >= 0.3 is 0 Å². The Bertz CT molecular complexity index is 619. The fourth-order valence-electron chi connectivity index (χ4n) is 2.51. The summed E-state index contributed by atoms with van der Waals surface area (Å²) in [5.74, 6) is -0.00267. The number of carbonyl (C=O) groups is 1. The summed E-state index contributed by atoms with van der Waals surface area (Å²) in [5.41, 5.74) is 8.91. The van der Waals surface area contributed by atoms with Crippen LogP contribution >= 0.6 is 12.4 Å². The minimum absolute atomic E-state index is 0. The molecule has 0 aliphatic carbocycles. The Kier molecular flexibility index (Phi) is 9.08. The molecule has 0 saturated heterocycles. The van der Waals surface area contributed by atoms with Crippen molar-refractivity contribution >= 4 is 24.0 Å². The molecule has 0 radical (unpaired) electrons. The first-order chi connectivity index (χ1) is 11.2. The van der Waals surface area contributed by atoms with Gasteiger partial charge in [0.15, 0.2) is 0 Å². The molecule has 0 aliphatic rings. The lowest BCUT2D eigenvalue weighted by Crippen LogP contribution is -2.38. The van der Waals surface area contributed by atoms with E-state index in [4.69, 9.17) is 5.73 Å². The van der Waals surface area contributed by atoms with E-state index >= 15 is 0 Å². The molecule has 2 rings (SSSR count). The zero-order chi connectivity index (χ0) is 16.5. The van der Waals surface area contributed by atoms with Gasteiger partial charge in [-0.2, -0.15) is 0 Å². The predicted octanol–water partition coefficient (Wildman–Crippen LogP) is 2.86. The number of halogens is 1. The van der Waals surface area contributed by atoms with Gasteiger partial charge in [0.25, 0.3) is 0 Å². The summed E-state index contributed by atoms with van der Waals surface area (Å²) in [5, 5.41) is 2.95. The number of nitrogens with one attached hydrogen (secondary N) is 1. The van der Waals surface area contributed by atoms with Crippen molar-refractivity contribution in [3.05, 3.63) is 65.7 Å². The van der Waals surface area contributed by atoms with Gasteiger partial charge in [0, 0.05) is 25.3 Å². The highest BCUT2D eigenvalue weighted by Gasteiger charge is 2.10. The second kappa shape index (κ2) is 10.8. The monoisotopic (exact) mass is 347 g/mol. The van der Waals surface area contributed by atoms with Crippen molar-refractivity contribution in [1.29, 1.82) is 0 Å². The average Bonchev–Trinajstić information content (AvgIpc) is 2.54. The Morgan fingerprint density at radius 1 is 1.08 bits per heavy atom. The quantitative estimate of drug-likeness (QED) is 0.772. The van der Waals surface area contributed by atoms with Crippen molar-refractivity contribution in [2.45, 2.75) is 13.3 Å². The number of hydrogen-bond acceptors (Lipinski definition) is 3. The highest BCUT2D eigenvalue weighted by atomic mass is 35.5. The van der Waals surface area contributed by atoms with Gasteiger partial charge in [-0.15, -0.1) is 12.4 Å². The van der Waals surface area contributed by atoms with Gasteiger partial charge in [-0.25, -0.2) is 0 Å². The highest BCUT2D eigenvalue weighted by Crippen LogP contribution is 2.09. The van der Waals surface area contributed by atoms with Crippen LogP contribution in [0, 0.1) is 6.92 Å². The zero-order valence-corrected chi connectivity index (χ0v) is 14.9. The number of rotatable bonds is 8. The molecule has 5 heteroatoms. The topological polar surface area (TPSA) is 58.4 Å². The van der Waals surface area contributed by atoms with Crippen LogP contribution in [0.3, 0.4) is 0 Å². The molecule has 0 unspecified atom stereocenters. The third-order valence-electron chi connectivity index (χ3n) is 3.67. The molecule has 2 aromatic rings. The van der Waals surface area contributed by atoms with Crippen LogP contribution in [0.2, 0.25) is 0 Å². The molecule has 2 aromatic carbocycles. The van der Waals surface area contributed by atoms with E-state index in [-0.39, 0.29) is 18.3 Å². The Labute approximate surface area is 150 Å². The summed E-state index contributed by atoms with van der Waals surface area (Å²) in [6.07, 6.45) is 0.915. The normalized spacial score (nSPS) is 10.3. The van der Waals surface area contributed by atoms with Crippen molar-refractivity contribution in [1.82, 2.24) is 4.90 Å². The molecule has 0 spiro atoms. The Morgan fingerprint density at radius 2 is 1.83 bits per heavy atom. The number of nitrogens with two attached hydrogens (primary N) is 1. The van der Waals surface area contributed by atoms with Crippen molar-refractivity contribution in [3.8, 4) is 0 Å². The van der Waals surface area contributed by atoms with Gasteiger partial charge in [0.05, 0.1) is 6.54 Å². The molecule has 0 aromatic heterocycles. The minimum atomic E-state index is -0.00267. The average molecular weight is 348 g/mol. The third kappa shape index (κ3) is 7.13. The SMILES string of the molecule is Cc1cccc(NC(=O)CN(CCN)CCc2ccccc2)c1.Cl. The molecule has 0 atom stereocenters. The van der Waals surface area contributed by atoms with Crippen molar-refractivity contribution in [3.63, 3.8) is 0 Å². The van der Waals surface area contributed by atoms with E-state index in [9.17, 15) is 4.79 Å². The zero-order valence-electron chi connectivity index (χ0n) is 14.1. The first kappa shape index (κ1) is 20.2. The second-order valence-corrected chi connectivity index (χ2v) is 5.72. The number of aryl methyl sites for hydroxylation is 1. The van der Waals surface area contributed by atoms with E-state index in [1.807, 2.05) is 49.4 Å². The number of carbonyl (C=O) groups excluding carboxylic acids is 1. The lowest BCUT2D eigenvalue weighted by atomic mass is 10.1. The molecule has 0 heterocycles. The lowest BCUT2D eigenvalue weighted by molar-refractivity contribution is -0.117. The van der Waals surface area contributed by atoms with Gasteiger partial charge in [-0.3, -0.25) is 9.69 Å². The lowest BCUT2D eigenvalue weighted by Gasteiger charge is -2.21. The smallest absolute Gasteiger partial charge is 0.238 e. The number of nitrogens with zero attached hydrogens (tertiary/aromatic N) is 1. The Balaban J connectivity index is 0.00000288. The molecule has 130 valence electrons. The Hall–Kier alpha value is -1.88. The molecular weight excluding hydrogens is 322 g/mol. The minimum Gasteiger partial charge on any atom is -0.329 e. The van der Waals surface area contributed by atoms with E-state index in [0.29, 0.717) is 19.6 Å². The van der Waals surface area contributed by atoms with Crippen LogP contribution in [0.25, 0.3) is 0 Å². The standard InChI is InChI=1S/C19H25N3O.ClH/c1-16-6-5-9-18(14-16)21-19(23)15-22(13-11-20)12-10-17-7-3-2-4-8-17;/h2-9,14H,10-13,15,20H2,1H3,(H,21,23);1H. The molecular formula is C19H26ClN3O. The molecule has 24 heavy (non-hydrogen) atoms. The van der Waals surface area contributed by atoms with Crippen molar-refractivity contribution in [2.24, 2.45) is 5.73 Å². The van der Waals surface area contributed by atoms with Gasteiger partial charge < -0.3 is 11.1 Å². The van der Waals surface area contributed by atoms with Gasteiger partial charge in [-0.1, -0.05) is 42.5 Å². The number of benzene rings is 2. The fourth-order valence-corrected chi connectivity index (χ4v) is 2.51. The van der Waals surface area contributed by atoms with Crippen LogP contribution in [-0.4, -0.2) is 37.0 Å². The van der Waals surface area contributed by atoms with Crippen molar-refractivity contribution in [2.75, 3.05) is 31.5 Å². The maximum atomic E-state index is 12.2. The molecule has 0 fully saturated rings. The number of amides is 1. The maximum absolute atomic E-state index is 12.2. The van der Waals surface area contributed by atoms with Crippen LogP contribution in [0.5, 0.6) is 0 Å². The summed E-state index contributed by atoms with van der Waals surface area (Å²) in [7, 11) is 0. The number of anilines is 1. The predicted molar refractivity (Wildman–Crippen MR) is 103 cm³/mol. The molecule has 0 saturated carbocycles. The molecule has 3 N–H and O–H groups in total. The summed E-state index contributed by atoms with van der Waals surface area (Å²) in [6.45, 7) is 4.46. The fraction of sp³-hybridized carbons (Fsp3) is 0.316.